The number of anilines is 2. The molecule has 1 amide bonds. The average molecular weight is 552 g/mol. The Balaban J connectivity index is 1.22. The number of hydrogen-bond donors (Lipinski definition) is 1. The van der Waals surface area contributed by atoms with Crippen LogP contribution in [0.2, 0.25) is 0 Å². The third kappa shape index (κ3) is 6.43. The van der Waals surface area contributed by atoms with E-state index in [1.165, 1.54) is 6.33 Å². The summed E-state index contributed by atoms with van der Waals surface area (Å²) in [6.07, 6.45) is 9.00. The van der Waals surface area contributed by atoms with Crippen LogP contribution in [0.25, 0.3) is 22.1 Å². The van der Waals surface area contributed by atoms with Crippen LogP contribution in [0, 0.1) is 6.92 Å². The van der Waals surface area contributed by atoms with Crippen LogP contribution in [-0.2, 0) is 11.8 Å². The van der Waals surface area contributed by atoms with Gasteiger partial charge >= 0.3 is 0 Å². The van der Waals surface area contributed by atoms with Gasteiger partial charge in [0.05, 0.1) is 35.7 Å². The summed E-state index contributed by atoms with van der Waals surface area (Å²) >= 11 is 0. The largest absolute Gasteiger partial charge is 0.492 e. The monoisotopic (exact) mass is 551 g/mol. The number of fused-ring (bicyclic) bond motifs is 2. The van der Waals surface area contributed by atoms with Gasteiger partial charge in [0.25, 0.3) is 0 Å². The number of likely N-dealkylation sites (N-methyl/N-ethyl adjacent to an activating group) is 1. The third-order valence-corrected chi connectivity index (χ3v) is 6.66. The van der Waals surface area contributed by atoms with Gasteiger partial charge in [0, 0.05) is 38.0 Å². The number of carbonyl (C=O) groups is 1. The molecule has 3 aromatic heterocycles. The smallest absolute Gasteiger partial charge is 0.246 e. The first-order valence-electron chi connectivity index (χ1n) is 13.6. The molecule has 0 bridgehead atoms. The van der Waals surface area contributed by atoms with Gasteiger partial charge < -0.3 is 24.3 Å². The molecule has 1 N–H and O–H groups in total. The van der Waals surface area contributed by atoms with Crippen LogP contribution >= 0.6 is 0 Å². The Morgan fingerprint density at radius 2 is 1.90 bits per heavy atom. The van der Waals surface area contributed by atoms with E-state index >= 15 is 0 Å². The minimum Gasteiger partial charge on any atom is -0.492 e. The lowest BCUT2D eigenvalue weighted by atomic mass is 10.2. The van der Waals surface area contributed by atoms with Crippen LogP contribution in [0.1, 0.15) is 25.8 Å². The fourth-order valence-corrected chi connectivity index (χ4v) is 4.50. The number of imidazole rings is 1. The fraction of sp³-hybridized carbons (Fsp3) is 0.258. The highest BCUT2D eigenvalue weighted by Gasteiger charge is 2.11. The molecule has 0 atom stereocenters. The molecule has 0 aliphatic rings. The number of aromatic nitrogens is 5. The van der Waals surface area contributed by atoms with E-state index < -0.39 is 0 Å². The summed E-state index contributed by atoms with van der Waals surface area (Å²) in [5.74, 6) is 2.71. The summed E-state index contributed by atoms with van der Waals surface area (Å²) in [5, 5.41) is 3.35. The van der Waals surface area contributed by atoms with Crippen molar-refractivity contribution in [2.45, 2.75) is 27.2 Å². The molecule has 10 nitrogen and oxygen atoms in total. The molecule has 2 aromatic carbocycles. The zero-order valence-electron chi connectivity index (χ0n) is 23.7. The van der Waals surface area contributed by atoms with Crippen LogP contribution in [0.5, 0.6) is 17.2 Å². The maximum Gasteiger partial charge on any atom is 0.246 e. The number of ether oxygens (including phenoxy) is 2. The molecular formula is C31H33N7O3. The predicted octanol–water partition coefficient (Wildman–Crippen LogP) is 5.95. The number of carbonyl (C=O) groups excluding carboxylic acids is 1. The number of benzene rings is 2. The molecule has 210 valence electrons. The Morgan fingerprint density at radius 3 is 2.71 bits per heavy atom. The van der Waals surface area contributed by atoms with Gasteiger partial charge in [-0.1, -0.05) is 6.08 Å². The quantitative estimate of drug-likeness (QED) is 0.159. The number of amides is 1. The number of nitrogens with zero attached hydrogens (tertiary/aromatic N) is 6. The molecule has 5 rings (SSSR count). The Bertz CT molecular complexity index is 1710. The van der Waals surface area contributed by atoms with Gasteiger partial charge in [-0.3, -0.25) is 4.79 Å². The van der Waals surface area contributed by atoms with Gasteiger partial charge in [-0.15, -0.1) is 0 Å². The molecule has 3 heterocycles. The van der Waals surface area contributed by atoms with Gasteiger partial charge in [-0.2, -0.15) is 0 Å². The normalized spacial score (nSPS) is 11.3. The first-order valence-corrected chi connectivity index (χ1v) is 13.6. The van der Waals surface area contributed by atoms with E-state index in [1.807, 2.05) is 74.9 Å². The zero-order valence-corrected chi connectivity index (χ0v) is 23.7. The Hall–Kier alpha value is -4.99. The highest BCUT2D eigenvalue weighted by Crippen LogP contribution is 2.31. The number of aryl methyl sites for hydroxylation is 2. The van der Waals surface area contributed by atoms with Crippen LogP contribution in [0.3, 0.4) is 0 Å². The van der Waals surface area contributed by atoms with Crippen molar-refractivity contribution in [2.75, 3.05) is 25.0 Å². The SMILES string of the molecule is C/C=C/C(=O)N(CC)CCCOc1cnc2c(Nc3ccc(Oc4ccc5c(c4)ncn5C)c(C)c3)ncnc2c1. The van der Waals surface area contributed by atoms with Crippen molar-refractivity contribution in [1.82, 2.24) is 29.4 Å². The van der Waals surface area contributed by atoms with Gasteiger partial charge in [-0.25, -0.2) is 19.9 Å². The standard InChI is InChI=1S/C31H33N7O3/c1-5-8-29(39)38(6-2)13-7-14-40-24-17-26-30(32-18-24)31(34-19-33-26)36-22-9-12-28(21(3)15-22)41-23-10-11-27-25(16-23)35-20-37(27)4/h5,8-12,15-20H,6-7,13-14H2,1-4H3,(H,33,34,36)/b8-5+. The fourth-order valence-electron chi connectivity index (χ4n) is 4.50. The second kappa shape index (κ2) is 12.5. The first kappa shape index (κ1) is 27.6. The summed E-state index contributed by atoms with van der Waals surface area (Å²) < 4.78 is 14.0. The number of nitrogens with one attached hydrogen (secondary N) is 1. The van der Waals surface area contributed by atoms with Crippen LogP contribution in [0.4, 0.5) is 11.5 Å². The van der Waals surface area contributed by atoms with Crippen LogP contribution in [0.15, 0.2) is 73.5 Å². The Labute approximate surface area is 238 Å². The summed E-state index contributed by atoms with van der Waals surface area (Å²) in [6, 6.07) is 13.6. The minimum absolute atomic E-state index is 0.0129. The van der Waals surface area contributed by atoms with Crippen molar-refractivity contribution in [3.63, 3.8) is 0 Å². The molecule has 41 heavy (non-hydrogen) atoms. The van der Waals surface area contributed by atoms with E-state index in [-0.39, 0.29) is 5.91 Å². The molecule has 0 fully saturated rings. The third-order valence-electron chi connectivity index (χ3n) is 6.66. The van der Waals surface area contributed by atoms with Crippen LogP contribution in [-0.4, -0.2) is 55.0 Å². The maximum atomic E-state index is 12.1. The van der Waals surface area contributed by atoms with Crippen molar-refractivity contribution in [2.24, 2.45) is 7.05 Å². The first-order chi connectivity index (χ1) is 19.9. The van der Waals surface area contributed by atoms with E-state index in [1.54, 1.807) is 29.6 Å². The summed E-state index contributed by atoms with van der Waals surface area (Å²) in [6.45, 7) is 7.55. The topological polar surface area (TPSA) is 107 Å². The predicted molar refractivity (Wildman–Crippen MR) is 160 cm³/mol. The van der Waals surface area contributed by atoms with Gasteiger partial charge in [0.1, 0.15) is 29.1 Å². The van der Waals surface area contributed by atoms with Gasteiger partial charge in [0.2, 0.25) is 5.91 Å². The van der Waals surface area contributed by atoms with Crippen LogP contribution < -0.4 is 14.8 Å². The highest BCUT2D eigenvalue weighted by molar-refractivity contribution is 5.88. The number of pyridine rings is 1. The van der Waals surface area contributed by atoms with Gasteiger partial charge in [-0.05, 0) is 69.2 Å². The molecular weight excluding hydrogens is 518 g/mol. The van der Waals surface area contributed by atoms with Gasteiger partial charge in [0.15, 0.2) is 5.82 Å². The van der Waals surface area contributed by atoms with E-state index in [2.05, 4.69) is 25.3 Å². The lowest BCUT2D eigenvalue weighted by molar-refractivity contribution is -0.126. The summed E-state index contributed by atoms with van der Waals surface area (Å²) in [7, 11) is 1.97. The summed E-state index contributed by atoms with van der Waals surface area (Å²) in [5.41, 5.74) is 5.06. The van der Waals surface area contributed by atoms with E-state index in [0.29, 0.717) is 48.7 Å². The Kier molecular flexibility index (Phi) is 8.38. The summed E-state index contributed by atoms with van der Waals surface area (Å²) in [4.78, 5) is 31.6. The molecule has 0 radical (unpaired) electrons. The lowest BCUT2D eigenvalue weighted by Crippen LogP contribution is -2.31. The molecule has 5 aromatic rings. The highest BCUT2D eigenvalue weighted by atomic mass is 16.5. The molecule has 0 aliphatic carbocycles. The van der Waals surface area contributed by atoms with Crippen molar-refractivity contribution >= 4 is 39.5 Å². The average Bonchev–Trinajstić information content (AvgIpc) is 3.34. The minimum atomic E-state index is 0.0129. The lowest BCUT2D eigenvalue weighted by Gasteiger charge is -2.19. The molecule has 0 unspecified atom stereocenters. The number of hydrogen-bond acceptors (Lipinski definition) is 8. The van der Waals surface area contributed by atoms with E-state index in [9.17, 15) is 4.79 Å². The molecule has 0 saturated carbocycles. The molecule has 0 saturated heterocycles. The van der Waals surface area contributed by atoms with E-state index in [4.69, 9.17) is 9.47 Å². The van der Waals surface area contributed by atoms with Crippen molar-refractivity contribution in [1.29, 1.82) is 0 Å². The van der Waals surface area contributed by atoms with E-state index in [0.717, 1.165) is 33.8 Å². The Morgan fingerprint density at radius 1 is 1.05 bits per heavy atom. The maximum absolute atomic E-state index is 12.1. The number of allylic oxidation sites excluding steroid dienone is 1. The second-order valence-electron chi connectivity index (χ2n) is 9.59. The molecule has 10 heteroatoms. The van der Waals surface area contributed by atoms with Crippen molar-refractivity contribution in [3.8, 4) is 17.2 Å². The zero-order chi connectivity index (χ0) is 28.8. The van der Waals surface area contributed by atoms with Crippen molar-refractivity contribution < 1.29 is 14.3 Å². The number of rotatable bonds is 11. The molecule has 0 spiro atoms. The second-order valence-corrected chi connectivity index (χ2v) is 9.59. The van der Waals surface area contributed by atoms with Crippen molar-refractivity contribution in [3.05, 3.63) is 79.0 Å². The molecule has 0 aliphatic heterocycles.